The van der Waals surface area contributed by atoms with Crippen LogP contribution in [0.2, 0.25) is 0 Å². The second kappa shape index (κ2) is 16.9. The molecule has 0 bridgehead atoms. The number of carbonyl (C=O) groups is 6. The number of phenolic OH excluding ortho intramolecular Hbond substituents is 2. The first kappa shape index (κ1) is 42.7. The van der Waals surface area contributed by atoms with Crippen LogP contribution in [0.3, 0.4) is 0 Å². The van der Waals surface area contributed by atoms with Crippen molar-refractivity contribution in [2.75, 3.05) is 17.2 Å². The van der Waals surface area contributed by atoms with Crippen molar-refractivity contribution in [1.29, 1.82) is 0 Å². The number of anilines is 1. The molecule has 0 saturated carbocycles. The third kappa shape index (κ3) is 8.92. The number of hydrogen-bond donors (Lipinski definition) is 8. The molecular weight excluding hydrogens is 820 g/mol. The number of nitrogen functional groups attached to an aromatic ring is 1. The fourth-order valence-corrected chi connectivity index (χ4v) is 8.21. The molecule has 1 radical (unpaired) electrons. The quantitative estimate of drug-likeness (QED) is 0.0163. The van der Waals surface area contributed by atoms with Gasteiger partial charge >= 0.3 is 5.97 Å². The van der Waals surface area contributed by atoms with Crippen LogP contribution in [0.5, 0.6) is 11.5 Å². The van der Waals surface area contributed by atoms with Crippen molar-refractivity contribution in [3.8, 4) is 11.5 Å². The average Bonchev–Trinajstić information content (AvgIpc) is 3.78. The normalized spacial score (nSPS) is 16.6. The van der Waals surface area contributed by atoms with Crippen LogP contribution in [0, 0.1) is 6.92 Å². The maximum atomic E-state index is 13.7. The second-order valence-corrected chi connectivity index (χ2v) is 15.4. The molecule has 2 unspecified atom stereocenters. The zero-order chi connectivity index (χ0) is 40.6. The van der Waals surface area contributed by atoms with Crippen molar-refractivity contribution in [3.05, 3.63) is 63.7 Å². The van der Waals surface area contributed by atoms with Gasteiger partial charge in [-0.3, -0.25) is 39.7 Å². The number of hydrogen-bond acceptors (Lipinski definition) is 18. The number of aliphatic carboxylic acids is 1. The zero-order valence-electron chi connectivity index (χ0n) is 30.2. The molecule has 22 nitrogen and oxygen atoms in total. The van der Waals surface area contributed by atoms with Gasteiger partial charge in [0.05, 0.1) is 0 Å². The number of carbonyl (C=O) groups excluding carboxylic acids is 5. The Hall–Kier alpha value is -5.47. The Morgan fingerprint density at radius 2 is 1.84 bits per heavy atom. The number of aromatic hydroxyl groups is 2. The SMILES string of the molecule is Cc1cc(SCC2=C(C(=O)O)N3C(=O)C(NC(=O)/C(=N/OC(C)(C)C(=O)NNC(=O)c4ccc(O)c(O)c4)c4csc(N)n4)C3SC2)n2nc(C(N)=O)nc2n1.[Na]. The van der Waals surface area contributed by atoms with E-state index in [1.165, 1.54) is 53.3 Å². The average molecular weight is 850 g/mol. The number of thioether (sulfide) groups is 2. The number of phenols is 2. The van der Waals surface area contributed by atoms with Crippen molar-refractivity contribution in [3.63, 3.8) is 0 Å². The minimum absolute atomic E-state index is 0. The summed E-state index contributed by atoms with van der Waals surface area (Å²) in [4.78, 5) is 95.5. The summed E-state index contributed by atoms with van der Waals surface area (Å²) in [6.45, 7) is 4.26. The van der Waals surface area contributed by atoms with E-state index in [1.807, 2.05) is 0 Å². The number of nitrogens with two attached hydrogens (primary N) is 2. The Labute approximate surface area is 355 Å². The molecule has 1 fully saturated rings. The first-order valence-electron chi connectivity index (χ1n) is 15.9. The molecule has 5 heterocycles. The molecule has 0 spiro atoms. The number of amides is 5. The topological polar surface area (TPSA) is 332 Å². The molecule has 1 aromatic carbocycles. The summed E-state index contributed by atoms with van der Waals surface area (Å²) in [5, 5.41) is 41.0. The molecule has 1 saturated heterocycles. The zero-order valence-corrected chi connectivity index (χ0v) is 34.6. The minimum atomic E-state index is -1.83. The van der Waals surface area contributed by atoms with E-state index in [2.05, 4.69) is 41.4 Å². The van der Waals surface area contributed by atoms with Crippen LogP contribution in [-0.4, -0.2) is 144 Å². The van der Waals surface area contributed by atoms with Crippen LogP contribution in [0.1, 0.15) is 46.2 Å². The number of carboxylic acids is 1. The van der Waals surface area contributed by atoms with Crippen LogP contribution in [0.25, 0.3) is 5.78 Å². The van der Waals surface area contributed by atoms with Crippen molar-refractivity contribution in [2.24, 2.45) is 10.9 Å². The van der Waals surface area contributed by atoms with Gasteiger partial charge in [0.2, 0.25) is 11.4 Å². The standard InChI is InChI=1S/C31H30N12O10S3.Na/c1-11-6-17(43-30(34-11)37-22(40-43)21(32)46)54-8-13-9-55-26-19(25(49)42(26)20(13)27(50)51)36-24(48)18(14-10-56-29(33)35-14)41-53-31(2,3)28(52)39-38-23(47)12-4-5-15(44)16(45)7-12;/h4-7,10,19,26,44-45H,8-9H2,1-3H3,(H2,32,46)(H2,33,35)(H,36,48)(H,38,47)(H,39,52)(H,50,51);/b41-18+;. The van der Waals surface area contributed by atoms with Crippen LogP contribution in [0.15, 0.2) is 51.1 Å². The van der Waals surface area contributed by atoms with Crippen LogP contribution in [0.4, 0.5) is 5.13 Å². The van der Waals surface area contributed by atoms with E-state index >= 15 is 0 Å². The molecule has 2 aliphatic rings. The molecule has 2 aliphatic heterocycles. The first-order valence-corrected chi connectivity index (χ1v) is 18.8. The van der Waals surface area contributed by atoms with Crippen LogP contribution < -0.4 is 27.6 Å². The van der Waals surface area contributed by atoms with E-state index in [4.69, 9.17) is 16.3 Å². The summed E-state index contributed by atoms with van der Waals surface area (Å²) in [6, 6.07) is 3.75. The smallest absolute Gasteiger partial charge is 0.352 e. The van der Waals surface area contributed by atoms with Crippen molar-refractivity contribution < 1.29 is 48.9 Å². The van der Waals surface area contributed by atoms with Gasteiger partial charge in [-0.15, -0.1) is 40.0 Å². The summed E-state index contributed by atoms with van der Waals surface area (Å²) in [5.41, 5.74) is 13.7. The number of benzene rings is 1. The Kier molecular flexibility index (Phi) is 12.7. The van der Waals surface area contributed by atoms with Gasteiger partial charge < -0.3 is 36.9 Å². The van der Waals surface area contributed by atoms with Crippen molar-refractivity contribution in [1.82, 2.24) is 45.6 Å². The van der Waals surface area contributed by atoms with E-state index < -0.39 is 69.7 Å². The number of primary amides is 1. The molecule has 5 amide bonds. The van der Waals surface area contributed by atoms with Gasteiger partial charge in [-0.2, -0.15) is 9.50 Å². The number of aromatic nitrogens is 5. The van der Waals surface area contributed by atoms with Gasteiger partial charge in [-0.05, 0) is 50.6 Å². The molecule has 4 aromatic rings. The summed E-state index contributed by atoms with van der Waals surface area (Å²) < 4.78 is 1.31. The van der Waals surface area contributed by atoms with Crippen LogP contribution in [-0.2, 0) is 24.0 Å². The largest absolute Gasteiger partial charge is 0.504 e. The summed E-state index contributed by atoms with van der Waals surface area (Å²) in [7, 11) is 0. The summed E-state index contributed by atoms with van der Waals surface area (Å²) in [6.07, 6.45) is 0. The number of nitrogens with one attached hydrogen (secondary N) is 3. The molecule has 10 N–H and O–H groups in total. The third-order valence-corrected chi connectivity index (χ3v) is 11.1. The van der Waals surface area contributed by atoms with Gasteiger partial charge in [-0.25, -0.2) is 14.8 Å². The molecular formula is C31H30N12NaO10S3. The van der Waals surface area contributed by atoms with E-state index in [1.54, 1.807) is 13.0 Å². The number of carboxylic acid groups (broad SMARTS) is 1. The maximum Gasteiger partial charge on any atom is 0.352 e. The Morgan fingerprint density at radius 1 is 1.11 bits per heavy atom. The second-order valence-electron chi connectivity index (χ2n) is 12.4. The molecule has 0 aliphatic carbocycles. The third-order valence-electron chi connectivity index (χ3n) is 7.98. The number of nitrogens with zero attached hydrogens (tertiary/aromatic N) is 7. The maximum absolute atomic E-state index is 13.7. The molecule has 57 heavy (non-hydrogen) atoms. The predicted octanol–water partition coefficient (Wildman–Crippen LogP) is -0.908. The molecule has 26 heteroatoms. The Morgan fingerprint density at radius 3 is 2.49 bits per heavy atom. The number of β-lactam (4-membered cyclic amide) rings is 1. The molecule has 293 valence electrons. The van der Waals surface area contributed by atoms with Crippen molar-refractivity contribution >= 4 is 117 Å². The van der Waals surface area contributed by atoms with Crippen molar-refractivity contribution in [2.45, 2.75) is 42.8 Å². The number of aryl methyl sites for hydroxylation is 1. The number of fused-ring (bicyclic) bond motifs is 2. The summed E-state index contributed by atoms with van der Waals surface area (Å²) >= 11 is 3.38. The number of rotatable bonds is 12. The molecule has 6 rings (SSSR count). The number of hydrazine groups is 1. The van der Waals surface area contributed by atoms with E-state index in [9.17, 15) is 44.1 Å². The van der Waals surface area contributed by atoms with Gasteiger partial charge in [0.25, 0.3) is 35.3 Å². The van der Waals surface area contributed by atoms with E-state index in [-0.39, 0.29) is 74.8 Å². The van der Waals surface area contributed by atoms with E-state index in [0.717, 1.165) is 28.4 Å². The van der Waals surface area contributed by atoms with Gasteiger partial charge in [0.1, 0.15) is 27.8 Å². The Bertz CT molecular complexity index is 2400. The first-order chi connectivity index (χ1) is 26.4. The molecule has 3 aromatic heterocycles. The monoisotopic (exact) mass is 849 g/mol. The van der Waals surface area contributed by atoms with E-state index in [0.29, 0.717) is 16.3 Å². The van der Waals surface area contributed by atoms with Gasteiger partial charge in [-0.1, -0.05) is 5.16 Å². The Balaban J connectivity index is 0.00000620. The number of oxime groups is 1. The van der Waals surface area contributed by atoms with Gasteiger partial charge in [0, 0.05) is 57.7 Å². The van der Waals surface area contributed by atoms with Gasteiger partial charge in [0.15, 0.2) is 22.3 Å². The van der Waals surface area contributed by atoms with Crippen LogP contribution >= 0.6 is 34.9 Å². The summed E-state index contributed by atoms with van der Waals surface area (Å²) in [5.74, 6) is -6.46. The minimum Gasteiger partial charge on any atom is -0.504 e. The fraction of sp³-hybridized carbons (Fsp3) is 0.258. The fourth-order valence-electron chi connectivity index (χ4n) is 5.13. The number of thiazole rings is 1. The molecule has 2 atom stereocenters. The predicted molar refractivity (Wildman–Crippen MR) is 204 cm³/mol.